The summed E-state index contributed by atoms with van der Waals surface area (Å²) in [7, 11) is 0. The molecule has 3 aromatic carbocycles. The standard InChI is InChI=1S/C25H22O4/c1-2-27-25(26)24-22(16-8-4-3-5-9-16)18-10-6-7-11-19(18)23(24)17-12-13-20-21(14-17)29-15-28-20/h3-14,22-24H,2,15H2,1H3. The van der Waals surface area contributed by atoms with Gasteiger partial charge >= 0.3 is 5.97 Å². The maximum Gasteiger partial charge on any atom is 0.310 e. The fraction of sp³-hybridized carbons (Fsp3) is 0.240. The summed E-state index contributed by atoms with van der Waals surface area (Å²) in [6.07, 6.45) is 0. The predicted molar refractivity (Wildman–Crippen MR) is 109 cm³/mol. The zero-order valence-corrected chi connectivity index (χ0v) is 16.2. The van der Waals surface area contributed by atoms with Crippen molar-refractivity contribution < 1.29 is 19.0 Å². The molecule has 1 aliphatic carbocycles. The molecule has 0 amide bonds. The first-order valence-electron chi connectivity index (χ1n) is 9.98. The zero-order chi connectivity index (χ0) is 19.8. The van der Waals surface area contributed by atoms with Crippen LogP contribution >= 0.6 is 0 Å². The molecule has 3 aromatic rings. The average Bonchev–Trinajstić information content (AvgIpc) is 3.36. The fourth-order valence-corrected chi connectivity index (χ4v) is 4.71. The molecular formula is C25H22O4. The monoisotopic (exact) mass is 386 g/mol. The maximum absolute atomic E-state index is 13.2. The molecule has 4 heteroatoms. The van der Waals surface area contributed by atoms with Crippen molar-refractivity contribution in [3.63, 3.8) is 0 Å². The van der Waals surface area contributed by atoms with Crippen molar-refractivity contribution in [3.05, 3.63) is 95.1 Å². The maximum atomic E-state index is 13.2. The first-order chi connectivity index (χ1) is 14.3. The molecule has 1 heterocycles. The van der Waals surface area contributed by atoms with E-state index in [1.165, 1.54) is 11.1 Å². The van der Waals surface area contributed by atoms with Gasteiger partial charge in [0.1, 0.15) is 0 Å². The molecule has 146 valence electrons. The Kier molecular flexibility index (Phi) is 4.47. The van der Waals surface area contributed by atoms with Crippen molar-refractivity contribution >= 4 is 5.97 Å². The molecule has 0 N–H and O–H groups in total. The molecule has 0 aromatic heterocycles. The van der Waals surface area contributed by atoms with Gasteiger partial charge in [0, 0.05) is 11.8 Å². The number of esters is 1. The number of carbonyl (C=O) groups excluding carboxylic acids is 1. The first-order valence-corrected chi connectivity index (χ1v) is 9.98. The predicted octanol–water partition coefficient (Wildman–Crippen LogP) is 4.87. The van der Waals surface area contributed by atoms with Gasteiger partial charge in [0.05, 0.1) is 12.5 Å². The molecule has 1 aliphatic heterocycles. The van der Waals surface area contributed by atoms with E-state index in [0.29, 0.717) is 6.61 Å². The minimum absolute atomic E-state index is 0.0538. The van der Waals surface area contributed by atoms with Crippen LogP contribution in [0.5, 0.6) is 11.5 Å². The van der Waals surface area contributed by atoms with E-state index in [1.54, 1.807) is 0 Å². The molecule has 4 nitrogen and oxygen atoms in total. The van der Waals surface area contributed by atoms with Crippen LogP contribution in [-0.4, -0.2) is 19.4 Å². The van der Waals surface area contributed by atoms with Crippen LogP contribution in [0.1, 0.15) is 41.0 Å². The van der Waals surface area contributed by atoms with E-state index >= 15 is 0 Å². The lowest BCUT2D eigenvalue weighted by Crippen LogP contribution is -2.26. The third kappa shape index (κ3) is 2.96. The van der Waals surface area contributed by atoms with Crippen LogP contribution in [-0.2, 0) is 9.53 Å². The summed E-state index contributed by atoms with van der Waals surface area (Å²) in [4.78, 5) is 13.2. The molecule has 3 atom stereocenters. The van der Waals surface area contributed by atoms with Crippen molar-refractivity contribution in [2.75, 3.05) is 13.4 Å². The topological polar surface area (TPSA) is 44.8 Å². The molecule has 3 unspecified atom stereocenters. The number of hydrogen-bond donors (Lipinski definition) is 0. The second-order valence-electron chi connectivity index (χ2n) is 7.39. The number of ether oxygens (including phenoxy) is 3. The lowest BCUT2D eigenvalue weighted by atomic mass is 9.79. The van der Waals surface area contributed by atoms with Gasteiger partial charge in [-0.1, -0.05) is 60.7 Å². The van der Waals surface area contributed by atoms with E-state index in [9.17, 15) is 4.79 Å². The summed E-state index contributed by atoms with van der Waals surface area (Å²) >= 11 is 0. The molecule has 0 saturated carbocycles. The van der Waals surface area contributed by atoms with Gasteiger partial charge in [0.15, 0.2) is 11.5 Å². The van der Waals surface area contributed by atoms with Crippen molar-refractivity contribution in [2.24, 2.45) is 5.92 Å². The molecule has 0 fully saturated rings. The van der Waals surface area contributed by atoms with E-state index in [0.717, 1.165) is 22.6 Å². The molecule has 0 spiro atoms. The van der Waals surface area contributed by atoms with Gasteiger partial charge in [0.2, 0.25) is 6.79 Å². The van der Waals surface area contributed by atoms with Crippen LogP contribution in [0.3, 0.4) is 0 Å². The highest BCUT2D eigenvalue weighted by molar-refractivity contribution is 5.79. The summed E-state index contributed by atoms with van der Waals surface area (Å²) < 4.78 is 16.6. The molecule has 5 rings (SSSR count). The average molecular weight is 386 g/mol. The molecule has 0 bridgehead atoms. The molecule has 29 heavy (non-hydrogen) atoms. The Labute approximate surface area is 170 Å². The minimum atomic E-state index is -0.338. The largest absolute Gasteiger partial charge is 0.466 e. The van der Waals surface area contributed by atoms with Gasteiger partial charge in [-0.05, 0) is 41.3 Å². The lowest BCUT2D eigenvalue weighted by molar-refractivity contribution is -0.148. The zero-order valence-electron chi connectivity index (χ0n) is 16.2. The van der Waals surface area contributed by atoms with Crippen LogP contribution < -0.4 is 9.47 Å². The Morgan fingerprint density at radius 3 is 2.24 bits per heavy atom. The van der Waals surface area contributed by atoms with Crippen LogP contribution in [0.25, 0.3) is 0 Å². The van der Waals surface area contributed by atoms with Crippen molar-refractivity contribution in [2.45, 2.75) is 18.8 Å². The Morgan fingerprint density at radius 2 is 1.52 bits per heavy atom. The quantitative estimate of drug-likeness (QED) is 0.600. The van der Waals surface area contributed by atoms with Gasteiger partial charge in [-0.25, -0.2) is 0 Å². The highest BCUT2D eigenvalue weighted by atomic mass is 16.7. The Morgan fingerprint density at radius 1 is 0.862 bits per heavy atom. The summed E-state index contributed by atoms with van der Waals surface area (Å²) in [5.41, 5.74) is 4.51. The van der Waals surface area contributed by atoms with E-state index in [4.69, 9.17) is 14.2 Å². The smallest absolute Gasteiger partial charge is 0.310 e. The fourth-order valence-electron chi connectivity index (χ4n) is 4.71. The number of hydrogen-bond acceptors (Lipinski definition) is 4. The van der Waals surface area contributed by atoms with Crippen LogP contribution in [0, 0.1) is 5.92 Å². The number of benzene rings is 3. The van der Waals surface area contributed by atoms with Crippen LogP contribution in [0.4, 0.5) is 0 Å². The van der Waals surface area contributed by atoms with Gasteiger partial charge in [-0.2, -0.15) is 0 Å². The molecular weight excluding hydrogens is 364 g/mol. The highest BCUT2D eigenvalue weighted by Gasteiger charge is 2.47. The van der Waals surface area contributed by atoms with Gasteiger partial charge < -0.3 is 14.2 Å². The third-order valence-corrected chi connectivity index (χ3v) is 5.86. The van der Waals surface area contributed by atoms with E-state index in [-0.39, 0.29) is 30.5 Å². The van der Waals surface area contributed by atoms with Crippen LogP contribution in [0.15, 0.2) is 72.8 Å². The SMILES string of the molecule is CCOC(=O)C1C(c2ccccc2)c2ccccc2C1c1ccc2c(c1)OCO2. The number of carbonyl (C=O) groups is 1. The number of rotatable bonds is 4. The van der Waals surface area contributed by atoms with Gasteiger partial charge in [-0.15, -0.1) is 0 Å². The van der Waals surface area contributed by atoms with E-state index < -0.39 is 0 Å². The van der Waals surface area contributed by atoms with E-state index in [1.807, 2.05) is 55.5 Å². The van der Waals surface area contributed by atoms with Gasteiger partial charge in [-0.3, -0.25) is 4.79 Å². The second kappa shape index (κ2) is 7.28. The number of fused-ring (bicyclic) bond motifs is 2. The summed E-state index contributed by atoms with van der Waals surface area (Å²) in [5, 5.41) is 0. The van der Waals surface area contributed by atoms with Crippen molar-refractivity contribution in [1.82, 2.24) is 0 Å². The van der Waals surface area contributed by atoms with Crippen molar-refractivity contribution in [3.8, 4) is 11.5 Å². The molecule has 0 radical (unpaired) electrons. The first kappa shape index (κ1) is 17.8. The summed E-state index contributed by atoms with van der Waals surface area (Å²) in [6.45, 7) is 2.45. The highest BCUT2D eigenvalue weighted by Crippen LogP contribution is 2.53. The Bertz CT molecular complexity index is 1040. The molecule has 2 aliphatic rings. The van der Waals surface area contributed by atoms with Crippen LogP contribution in [0.2, 0.25) is 0 Å². The van der Waals surface area contributed by atoms with E-state index in [2.05, 4.69) is 24.3 Å². The van der Waals surface area contributed by atoms with Crippen molar-refractivity contribution in [1.29, 1.82) is 0 Å². The van der Waals surface area contributed by atoms with Gasteiger partial charge in [0.25, 0.3) is 0 Å². The molecule has 0 saturated heterocycles. The normalized spacial score (nSPS) is 21.6. The lowest BCUT2D eigenvalue weighted by Gasteiger charge is -2.25. The second-order valence-corrected chi connectivity index (χ2v) is 7.39. The Balaban J connectivity index is 1.68. The third-order valence-electron chi connectivity index (χ3n) is 5.86. The Hall–Kier alpha value is -3.27. The minimum Gasteiger partial charge on any atom is -0.466 e. The summed E-state index contributed by atoms with van der Waals surface area (Å²) in [6, 6.07) is 24.5. The summed E-state index contributed by atoms with van der Waals surface area (Å²) in [5.74, 6) is 0.806.